The molecule has 1 atom stereocenters. The molecular formula is C21H27N5O2. The number of nitrogens with one attached hydrogen (secondary N) is 1. The van der Waals surface area contributed by atoms with Crippen LogP contribution in [0, 0.1) is 12.8 Å². The van der Waals surface area contributed by atoms with E-state index in [1.807, 2.05) is 35.9 Å². The number of carbonyl (C=O) groups is 1. The summed E-state index contributed by atoms with van der Waals surface area (Å²) in [5.74, 6) is 0.814. The number of benzene rings is 1. The molecule has 1 saturated heterocycles. The Labute approximate surface area is 165 Å². The SMILES string of the molecule is Cc1cccc(C(=O)NCc2nnn3c2COC2(CCN(CC4CC4)C2)C3)c1. The highest BCUT2D eigenvalue weighted by Gasteiger charge is 2.44. The van der Waals surface area contributed by atoms with Crippen LogP contribution >= 0.6 is 0 Å². The van der Waals surface area contributed by atoms with Crippen LogP contribution in [0.4, 0.5) is 0 Å². The molecule has 1 N–H and O–H groups in total. The number of ether oxygens (including phenoxy) is 1. The van der Waals surface area contributed by atoms with Gasteiger partial charge in [-0.05, 0) is 44.2 Å². The average Bonchev–Trinajstić information content (AvgIpc) is 3.29. The standard InChI is InChI=1S/C21H27N5O2/c1-15-3-2-4-17(9-15)20(27)22-10-18-19-12-28-21(14-26(19)24-23-18)7-8-25(13-21)11-16-5-6-16/h2-4,9,16H,5-8,10-14H2,1H3,(H,22,27). The van der Waals surface area contributed by atoms with E-state index in [2.05, 4.69) is 20.5 Å². The van der Waals surface area contributed by atoms with Gasteiger partial charge >= 0.3 is 0 Å². The summed E-state index contributed by atoms with van der Waals surface area (Å²) >= 11 is 0. The lowest BCUT2D eigenvalue weighted by atomic mass is 10.0. The van der Waals surface area contributed by atoms with Gasteiger partial charge in [0.1, 0.15) is 11.3 Å². The Bertz CT molecular complexity index is 891. The van der Waals surface area contributed by atoms with Gasteiger partial charge in [-0.15, -0.1) is 5.10 Å². The van der Waals surface area contributed by atoms with E-state index in [1.54, 1.807) is 0 Å². The van der Waals surface area contributed by atoms with Crippen molar-refractivity contribution in [2.24, 2.45) is 5.92 Å². The molecule has 1 aliphatic carbocycles. The van der Waals surface area contributed by atoms with Crippen LogP contribution in [0.1, 0.15) is 46.6 Å². The van der Waals surface area contributed by atoms with Crippen molar-refractivity contribution in [2.45, 2.75) is 51.5 Å². The van der Waals surface area contributed by atoms with Gasteiger partial charge in [0.15, 0.2) is 0 Å². The first kappa shape index (κ1) is 17.8. The van der Waals surface area contributed by atoms with Gasteiger partial charge in [0.05, 0.1) is 25.4 Å². The largest absolute Gasteiger partial charge is 0.365 e. The normalized spacial score (nSPS) is 24.5. The maximum atomic E-state index is 12.4. The summed E-state index contributed by atoms with van der Waals surface area (Å²) in [5, 5.41) is 11.6. The lowest BCUT2D eigenvalue weighted by molar-refractivity contribution is -0.0843. The Balaban J connectivity index is 1.22. The minimum absolute atomic E-state index is 0.0924. The molecular weight excluding hydrogens is 354 g/mol. The second kappa shape index (κ2) is 6.97. The molecule has 3 aliphatic rings. The average molecular weight is 381 g/mol. The number of hydrogen-bond acceptors (Lipinski definition) is 5. The molecule has 1 unspecified atom stereocenters. The van der Waals surface area contributed by atoms with E-state index in [-0.39, 0.29) is 11.5 Å². The van der Waals surface area contributed by atoms with Crippen LogP contribution in [-0.2, 0) is 24.4 Å². The van der Waals surface area contributed by atoms with Gasteiger partial charge in [-0.2, -0.15) is 0 Å². The Morgan fingerprint density at radius 3 is 3.07 bits per heavy atom. The molecule has 1 amide bonds. The fourth-order valence-electron chi connectivity index (χ4n) is 4.38. The lowest BCUT2D eigenvalue weighted by Gasteiger charge is -2.34. The Morgan fingerprint density at radius 2 is 2.25 bits per heavy atom. The molecule has 5 rings (SSSR count). The van der Waals surface area contributed by atoms with Crippen molar-refractivity contribution in [1.29, 1.82) is 0 Å². The Hall–Kier alpha value is -2.25. The van der Waals surface area contributed by atoms with Crippen LogP contribution in [0.2, 0.25) is 0 Å². The minimum atomic E-state index is -0.127. The number of amides is 1. The third-order valence-electron chi connectivity index (χ3n) is 6.18. The van der Waals surface area contributed by atoms with Crippen molar-refractivity contribution < 1.29 is 9.53 Å². The highest BCUT2D eigenvalue weighted by molar-refractivity contribution is 5.94. The zero-order chi connectivity index (χ0) is 19.1. The fourth-order valence-corrected chi connectivity index (χ4v) is 4.38. The molecule has 0 bridgehead atoms. The predicted molar refractivity (Wildman–Crippen MR) is 104 cm³/mol. The summed E-state index contributed by atoms with van der Waals surface area (Å²) in [6, 6.07) is 7.58. The lowest BCUT2D eigenvalue weighted by Crippen LogP contribution is -2.44. The van der Waals surface area contributed by atoms with Gasteiger partial charge in [0, 0.05) is 25.2 Å². The van der Waals surface area contributed by atoms with Crippen molar-refractivity contribution in [3.63, 3.8) is 0 Å². The first-order valence-electron chi connectivity index (χ1n) is 10.2. The zero-order valence-electron chi connectivity index (χ0n) is 16.4. The molecule has 2 aromatic rings. The van der Waals surface area contributed by atoms with Crippen LogP contribution in [0.3, 0.4) is 0 Å². The van der Waals surface area contributed by atoms with E-state index in [0.29, 0.717) is 18.7 Å². The second-order valence-corrected chi connectivity index (χ2v) is 8.59. The number of rotatable bonds is 5. The summed E-state index contributed by atoms with van der Waals surface area (Å²) in [6.45, 7) is 6.93. The summed E-state index contributed by atoms with van der Waals surface area (Å²) in [7, 11) is 0. The molecule has 2 fully saturated rings. The van der Waals surface area contributed by atoms with Gasteiger partial charge in [-0.3, -0.25) is 4.79 Å². The first-order valence-corrected chi connectivity index (χ1v) is 10.2. The molecule has 7 heteroatoms. The number of hydrogen-bond donors (Lipinski definition) is 1. The molecule has 1 aromatic heterocycles. The van der Waals surface area contributed by atoms with Crippen molar-refractivity contribution >= 4 is 5.91 Å². The minimum Gasteiger partial charge on any atom is -0.365 e. The van der Waals surface area contributed by atoms with Crippen LogP contribution in [0.5, 0.6) is 0 Å². The molecule has 3 heterocycles. The van der Waals surface area contributed by atoms with Gasteiger partial charge in [0.2, 0.25) is 0 Å². The maximum absolute atomic E-state index is 12.4. The summed E-state index contributed by atoms with van der Waals surface area (Å²) in [5.41, 5.74) is 3.38. The quantitative estimate of drug-likeness (QED) is 0.857. The molecule has 1 aromatic carbocycles. The molecule has 2 aliphatic heterocycles. The summed E-state index contributed by atoms with van der Waals surface area (Å²) < 4.78 is 8.32. The van der Waals surface area contributed by atoms with Crippen LogP contribution < -0.4 is 5.32 Å². The predicted octanol–water partition coefficient (Wildman–Crippen LogP) is 1.90. The van der Waals surface area contributed by atoms with E-state index in [9.17, 15) is 4.79 Å². The van der Waals surface area contributed by atoms with Crippen LogP contribution in [0.15, 0.2) is 24.3 Å². The van der Waals surface area contributed by atoms with E-state index < -0.39 is 0 Å². The van der Waals surface area contributed by atoms with Crippen LogP contribution in [-0.4, -0.2) is 51.0 Å². The van der Waals surface area contributed by atoms with Crippen molar-refractivity contribution in [1.82, 2.24) is 25.2 Å². The van der Waals surface area contributed by atoms with E-state index >= 15 is 0 Å². The number of likely N-dealkylation sites (tertiary alicyclic amines) is 1. The fraction of sp³-hybridized carbons (Fsp3) is 0.571. The van der Waals surface area contributed by atoms with Gasteiger partial charge in [-0.1, -0.05) is 22.9 Å². The molecule has 1 saturated carbocycles. The van der Waals surface area contributed by atoms with E-state index in [0.717, 1.165) is 48.9 Å². The summed E-state index contributed by atoms with van der Waals surface area (Å²) in [6.07, 6.45) is 3.82. The number of carbonyl (C=O) groups excluding carboxylic acids is 1. The van der Waals surface area contributed by atoms with Gasteiger partial charge in [0.25, 0.3) is 5.91 Å². The van der Waals surface area contributed by atoms with Crippen LogP contribution in [0.25, 0.3) is 0 Å². The van der Waals surface area contributed by atoms with Crippen molar-refractivity contribution in [2.75, 3.05) is 19.6 Å². The second-order valence-electron chi connectivity index (χ2n) is 8.59. The van der Waals surface area contributed by atoms with Crippen molar-refractivity contribution in [3.05, 3.63) is 46.8 Å². The number of aromatic nitrogens is 3. The highest BCUT2D eigenvalue weighted by Crippen LogP contribution is 2.36. The monoisotopic (exact) mass is 381 g/mol. The topological polar surface area (TPSA) is 72.3 Å². The van der Waals surface area contributed by atoms with Crippen molar-refractivity contribution in [3.8, 4) is 0 Å². The highest BCUT2D eigenvalue weighted by atomic mass is 16.5. The van der Waals surface area contributed by atoms with Gasteiger partial charge < -0.3 is 15.0 Å². The van der Waals surface area contributed by atoms with Gasteiger partial charge in [-0.25, -0.2) is 4.68 Å². The van der Waals surface area contributed by atoms with E-state index in [4.69, 9.17) is 4.74 Å². The molecule has 1 spiro atoms. The third kappa shape index (κ3) is 3.56. The zero-order valence-corrected chi connectivity index (χ0v) is 16.4. The smallest absolute Gasteiger partial charge is 0.251 e. The molecule has 148 valence electrons. The third-order valence-corrected chi connectivity index (χ3v) is 6.18. The molecule has 7 nitrogen and oxygen atoms in total. The molecule has 28 heavy (non-hydrogen) atoms. The Morgan fingerprint density at radius 1 is 1.36 bits per heavy atom. The maximum Gasteiger partial charge on any atom is 0.251 e. The van der Waals surface area contributed by atoms with E-state index in [1.165, 1.54) is 19.4 Å². The Kier molecular flexibility index (Phi) is 4.44. The summed E-state index contributed by atoms with van der Waals surface area (Å²) in [4.78, 5) is 14.9. The number of aryl methyl sites for hydroxylation is 1. The molecule has 0 radical (unpaired) electrons. The number of fused-ring (bicyclic) bond motifs is 1. The first-order chi connectivity index (χ1) is 13.6. The number of nitrogens with zero attached hydrogens (tertiary/aromatic N) is 4.